The van der Waals surface area contributed by atoms with Gasteiger partial charge in [-0.05, 0) is 35.4 Å². The lowest BCUT2D eigenvalue weighted by molar-refractivity contribution is 0.784. The van der Waals surface area contributed by atoms with Gasteiger partial charge < -0.3 is 4.90 Å². The van der Waals surface area contributed by atoms with Crippen molar-refractivity contribution < 1.29 is 0 Å². The SMILES string of the molecule is c1ccc(-n2cnnn2)c(N2CCCC2)c1. The van der Waals surface area contributed by atoms with E-state index in [9.17, 15) is 0 Å². The van der Waals surface area contributed by atoms with Gasteiger partial charge in [0.25, 0.3) is 0 Å². The summed E-state index contributed by atoms with van der Waals surface area (Å²) >= 11 is 0. The summed E-state index contributed by atoms with van der Waals surface area (Å²) in [6.45, 7) is 2.25. The lowest BCUT2D eigenvalue weighted by Crippen LogP contribution is -2.19. The quantitative estimate of drug-likeness (QED) is 0.756. The fraction of sp³-hybridized carbons (Fsp3) is 0.364. The van der Waals surface area contributed by atoms with Crippen LogP contribution in [0.5, 0.6) is 0 Å². The molecule has 0 unspecified atom stereocenters. The van der Waals surface area contributed by atoms with Crippen LogP contribution in [0.25, 0.3) is 5.69 Å². The van der Waals surface area contributed by atoms with Crippen molar-refractivity contribution in [3.05, 3.63) is 30.6 Å². The Hall–Kier alpha value is -1.91. The van der Waals surface area contributed by atoms with E-state index in [0.29, 0.717) is 0 Å². The molecule has 2 aromatic rings. The van der Waals surface area contributed by atoms with Crippen LogP contribution in [0.3, 0.4) is 0 Å². The molecule has 1 fully saturated rings. The van der Waals surface area contributed by atoms with Crippen molar-refractivity contribution >= 4 is 5.69 Å². The average molecular weight is 215 g/mol. The van der Waals surface area contributed by atoms with E-state index >= 15 is 0 Å². The molecule has 1 aliphatic heterocycles. The lowest BCUT2D eigenvalue weighted by atomic mass is 10.2. The van der Waals surface area contributed by atoms with Crippen LogP contribution in [0.1, 0.15) is 12.8 Å². The van der Waals surface area contributed by atoms with Gasteiger partial charge in [0.2, 0.25) is 0 Å². The Morgan fingerprint density at radius 1 is 1.00 bits per heavy atom. The highest BCUT2D eigenvalue weighted by Crippen LogP contribution is 2.26. The molecule has 0 amide bonds. The fourth-order valence-electron chi connectivity index (χ4n) is 2.16. The Kier molecular flexibility index (Phi) is 2.29. The number of aromatic nitrogens is 4. The van der Waals surface area contributed by atoms with Crippen molar-refractivity contribution in [1.29, 1.82) is 0 Å². The molecule has 0 radical (unpaired) electrons. The molecule has 0 saturated carbocycles. The molecule has 0 atom stereocenters. The van der Waals surface area contributed by atoms with Crippen molar-refractivity contribution in [2.24, 2.45) is 0 Å². The molecule has 82 valence electrons. The topological polar surface area (TPSA) is 46.8 Å². The highest BCUT2D eigenvalue weighted by molar-refractivity contribution is 5.62. The van der Waals surface area contributed by atoms with E-state index in [1.165, 1.54) is 18.5 Å². The summed E-state index contributed by atoms with van der Waals surface area (Å²) in [7, 11) is 0. The molecule has 3 rings (SSSR count). The van der Waals surface area contributed by atoms with Gasteiger partial charge in [0, 0.05) is 13.1 Å². The number of benzene rings is 1. The molecule has 5 nitrogen and oxygen atoms in total. The maximum Gasteiger partial charge on any atom is 0.143 e. The van der Waals surface area contributed by atoms with Gasteiger partial charge in [0.15, 0.2) is 0 Å². The van der Waals surface area contributed by atoms with Gasteiger partial charge >= 0.3 is 0 Å². The predicted molar refractivity (Wildman–Crippen MR) is 60.6 cm³/mol. The summed E-state index contributed by atoms with van der Waals surface area (Å²) < 4.78 is 1.72. The number of anilines is 1. The summed E-state index contributed by atoms with van der Waals surface area (Å²) in [5, 5.41) is 11.3. The zero-order valence-corrected chi connectivity index (χ0v) is 8.95. The molecule has 1 aromatic heterocycles. The summed E-state index contributed by atoms with van der Waals surface area (Å²) in [6, 6.07) is 8.24. The van der Waals surface area contributed by atoms with Crippen LogP contribution in [0.4, 0.5) is 5.69 Å². The predicted octanol–water partition coefficient (Wildman–Crippen LogP) is 1.26. The van der Waals surface area contributed by atoms with Crippen LogP contribution in [-0.4, -0.2) is 33.3 Å². The van der Waals surface area contributed by atoms with Crippen LogP contribution in [-0.2, 0) is 0 Å². The van der Waals surface area contributed by atoms with E-state index in [2.05, 4.69) is 32.6 Å². The molecule has 16 heavy (non-hydrogen) atoms. The standard InChI is InChI=1S/C11H13N5/c1-2-6-11(16-9-12-13-14-16)10(5-1)15-7-3-4-8-15/h1-2,5-6,9H,3-4,7-8H2. The number of nitrogens with zero attached hydrogens (tertiary/aromatic N) is 5. The minimum atomic E-state index is 1.05. The third kappa shape index (κ3) is 1.54. The maximum atomic E-state index is 3.95. The third-order valence-electron chi connectivity index (χ3n) is 2.92. The Labute approximate surface area is 93.7 Å². The summed E-state index contributed by atoms with van der Waals surface area (Å²) in [6.07, 6.45) is 4.17. The van der Waals surface area contributed by atoms with Gasteiger partial charge in [-0.3, -0.25) is 0 Å². The van der Waals surface area contributed by atoms with Crippen molar-refractivity contribution in [2.75, 3.05) is 18.0 Å². The molecular formula is C11H13N5. The normalized spacial score (nSPS) is 15.6. The smallest absolute Gasteiger partial charge is 0.143 e. The lowest BCUT2D eigenvalue weighted by Gasteiger charge is -2.20. The molecule has 0 N–H and O–H groups in total. The van der Waals surface area contributed by atoms with Crippen molar-refractivity contribution in [3.63, 3.8) is 0 Å². The fourth-order valence-corrected chi connectivity index (χ4v) is 2.16. The molecule has 0 spiro atoms. The second-order valence-corrected chi connectivity index (χ2v) is 3.94. The molecule has 5 heteroatoms. The number of hydrogen-bond acceptors (Lipinski definition) is 4. The number of para-hydroxylation sites is 2. The monoisotopic (exact) mass is 215 g/mol. The van der Waals surface area contributed by atoms with Gasteiger partial charge in [-0.15, -0.1) is 5.10 Å². The first-order valence-corrected chi connectivity index (χ1v) is 5.52. The maximum absolute atomic E-state index is 3.95. The molecule has 0 bridgehead atoms. The number of rotatable bonds is 2. The summed E-state index contributed by atoms with van der Waals surface area (Å²) in [5.74, 6) is 0. The van der Waals surface area contributed by atoms with Gasteiger partial charge in [0.1, 0.15) is 6.33 Å². The van der Waals surface area contributed by atoms with Gasteiger partial charge in [-0.2, -0.15) is 4.68 Å². The first-order chi connectivity index (χ1) is 7.95. The molecule has 1 aliphatic rings. The van der Waals surface area contributed by atoms with Gasteiger partial charge in [-0.25, -0.2) is 0 Å². The van der Waals surface area contributed by atoms with E-state index in [1.807, 2.05) is 12.1 Å². The van der Waals surface area contributed by atoms with Crippen molar-refractivity contribution in [1.82, 2.24) is 20.2 Å². The number of tetrazole rings is 1. The van der Waals surface area contributed by atoms with E-state index < -0.39 is 0 Å². The Morgan fingerprint density at radius 2 is 1.75 bits per heavy atom. The Bertz CT molecular complexity index is 459. The first-order valence-electron chi connectivity index (χ1n) is 5.52. The highest BCUT2D eigenvalue weighted by Gasteiger charge is 2.16. The Balaban J connectivity index is 2.04. The van der Waals surface area contributed by atoms with E-state index in [0.717, 1.165) is 18.8 Å². The van der Waals surface area contributed by atoms with Crippen LogP contribution in [0.2, 0.25) is 0 Å². The second kappa shape index (κ2) is 3.92. The zero-order valence-electron chi connectivity index (χ0n) is 8.95. The second-order valence-electron chi connectivity index (χ2n) is 3.94. The largest absolute Gasteiger partial charge is 0.370 e. The minimum Gasteiger partial charge on any atom is -0.370 e. The van der Waals surface area contributed by atoms with Crippen LogP contribution < -0.4 is 4.90 Å². The average Bonchev–Trinajstić information content (AvgIpc) is 3.03. The molecule has 1 aromatic carbocycles. The van der Waals surface area contributed by atoms with E-state index in [-0.39, 0.29) is 0 Å². The van der Waals surface area contributed by atoms with Crippen LogP contribution in [0.15, 0.2) is 30.6 Å². The molecule has 1 saturated heterocycles. The van der Waals surface area contributed by atoms with Gasteiger partial charge in [0.05, 0.1) is 11.4 Å². The highest BCUT2D eigenvalue weighted by atomic mass is 15.5. The van der Waals surface area contributed by atoms with Crippen molar-refractivity contribution in [3.8, 4) is 5.69 Å². The zero-order chi connectivity index (χ0) is 10.8. The summed E-state index contributed by atoms with van der Waals surface area (Å²) in [4.78, 5) is 2.39. The molecular weight excluding hydrogens is 202 g/mol. The minimum absolute atomic E-state index is 1.05. The first kappa shape index (κ1) is 9.33. The van der Waals surface area contributed by atoms with E-state index in [1.54, 1.807) is 11.0 Å². The summed E-state index contributed by atoms with van der Waals surface area (Å²) in [5.41, 5.74) is 2.27. The molecule has 0 aliphatic carbocycles. The van der Waals surface area contributed by atoms with Crippen LogP contribution >= 0.6 is 0 Å². The van der Waals surface area contributed by atoms with Crippen molar-refractivity contribution in [2.45, 2.75) is 12.8 Å². The Morgan fingerprint density at radius 3 is 2.44 bits per heavy atom. The number of hydrogen-bond donors (Lipinski definition) is 0. The van der Waals surface area contributed by atoms with Crippen LogP contribution in [0, 0.1) is 0 Å². The molecule has 2 heterocycles. The van der Waals surface area contributed by atoms with E-state index in [4.69, 9.17) is 0 Å². The van der Waals surface area contributed by atoms with Gasteiger partial charge in [-0.1, -0.05) is 12.1 Å². The third-order valence-corrected chi connectivity index (χ3v) is 2.92.